The SMILES string of the molecule is CC(C)(C)C(N)C(=O)CC1CCC1. The zero-order valence-corrected chi connectivity index (χ0v) is 8.97. The molecule has 0 amide bonds. The summed E-state index contributed by atoms with van der Waals surface area (Å²) in [7, 11) is 0. The number of rotatable bonds is 3. The lowest BCUT2D eigenvalue weighted by molar-refractivity contribution is -0.123. The quantitative estimate of drug-likeness (QED) is 0.728. The molecule has 2 nitrogen and oxygen atoms in total. The van der Waals surface area contributed by atoms with Crippen molar-refractivity contribution < 1.29 is 4.79 Å². The highest BCUT2D eigenvalue weighted by atomic mass is 16.1. The van der Waals surface area contributed by atoms with Crippen molar-refractivity contribution in [3.8, 4) is 0 Å². The van der Waals surface area contributed by atoms with Gasteiger partial charge in [0.25, 0.3) is 0 Å². The summed E-state index contributed by atoms with van der Waals surface area (Å²) in [4.78, 5) is 11.7. The number of hydrogen-bond acceptors (Lipinski definition) is 2. The third-order valence-electron chi connectivity index (χ3n) is 2.99. The minimum Gasteiger partial charge on any atom is -0.321 e. The summed E-state index contributed by atoms with van der Waals surface area (Å²) in [5.41, 5.74) is 5.79. The summed E-state index contributed by atoms with van der Waals surface area (Å²) in [6, 6.07) is -0.284. The topological polar surface area (TPSA) is 43.1 Å². The van der Waals surface area contributed by atoms with Crippen LogP contribution in [0.1, 0.15) is 46.5 Å². The molecule has 0 radical (unpaired) electrons. The monoisotopic (exact) mass is 183 g/mol. The predicted molar refractivity (Wildman–Crippen MR) is 54.4 cm³/mol. The molecule has 0 spiro atoms. The van der Waals surface area contributed by atoms with Gasteiger partial charge in [-0.05, 0) is 11.3 Å². The van der Waals surface area contributed by atoms with Gasteiger partial charge in [0.1, 0.15) is 5.78 Å². The molecule has 1 saturated carbocycles. The Morgan fingerprint density at radius 3 is 2.31 bits per heavy atom. The van der Waals surface area contributed by atoms with Gasteiger partial charge in [0.2, 0.25) is 0 Å². The van der Waals surface area contributed by atoms with Gasteiger partial charge in [0.05, 0.1) is 6.04 Å². The van der Waals surface area contributed by atoms with Crippen molar-refractivity contribution in [2.75, 3.05) is 0 Å². The molecule has 1 unspecified atom stereocenters. The lowest BCUT2D eigenvalue weighted by Crippen LogP contribution is -2.43. The summed E-state index contributed by atoms with van der Waals surface area (Å²) >= 11 is 0. The van der Waals surface area contributed by atoms with E-state index in [4.69, 9.17) is 5.73 Å². The maximum atomic E-state index is 11.7. The van der Waals surface area contributed by atoms with Gasteiger partial charge in [-0.3, -0.25) is 4.79 Å². The van der Waals surface area contributed by atoms with Gasteiger partial charge in [0.15, 0.2) is 0 Å². The third-order valence-corrected chi connectivity index (χ3v) is 2.99. The first-order chi connectivity index (χ1) is 5.91. The average Bonchev–Trinajstić information content (AvgIpc) is 1.93. The van der Waals surface area contributed by atoms with E-state index in [2.05, 4.69) is 0 Å². The maximum absolute atomic E-state index is 11.7. The maximum Gasteiger partial charge on any atom is 0.150 e. The van der Waals surface area contributed by atoms with Gasteiger partial charge in [-0.25, -0.2) is 0 Å². The van der Waals surface area contributed by atoms with Gasteiger partial charge < -0.3 is 5.73 Å². The predicted octanol–water partition coefficient (Wildman–Crippen LogP) is 2.12. The van der Waals surface area contributed by atoms with Crippen molar-refractivity contribution in [1.82, 2.24) is 0 Å². The Kier molecular flexibility index (Phi) is 3.12. The number of Topliss-reactive ketones (excluding diaryl/α,β-unsaturated/α-hetero) is 1. The van der Waals surface area contributed by atoms with Gasteiger partial charge >= 0.3 is 0 Å². The second-order valence-corrected chi connectivity index (χ2v) is 5.31. The van der Waals surface area contributed by atoms with E-state index in [1.54, 1.807) is 0 Å². The van der Waals surface area contributed by atoms with Gasteiger partial charge in [0, 0.05) is 6.42 Å². The number of ketones is 1. The van der Waals surface area contributed by atoms with Crippen LogP contribution in [0.5, 0.6) is 0 Å². The fraction of sp³-hybridized carbons (Fsp3) is 0.909. The number of carbonyl (C=O) groups excluding carboxylic acids is 1. The molecule has 1 aliphatic carbocycles. The van der Waals surface area contributed by atoms with Crippen molar-refractivity contribution in [3.63, 3.8) is 0 Å². The first-order valence-electron chi connectivity index (χ1n) is 5.19. The highest BCUT2D eigenvalue weighted by Crippen LogP contribution is 2.31. The molecule has 1 fully saturated rings. The second-order valence-electron chi connectivity index (χ2n) is 5.31. The summed E-state index contributed by atoms with van der Waals surface area (Å²) in [5.74, 6) is 0.887. The number of carbonyl (C=O) groups is 1. The van der Waals surface area contributed by atoms with Crippen LogP contribution in [-0.2, 0) is 4.79 Å². The Morgan fingerprint density at radius 2 is 2.00 bits per heavy atom. The van der Waals surface area contributed by atoms with Crippen molar-refractivity contribution in [2.45, 2.75) is 52.5 Å². The van der Waals surface area contributed by atoms with Crippen LogP contribution < -0.4 is 5.73 Å². The van der Waals surface area contributed by atoms with E-state index < -0.39 is 0 Å². The van der Waals surface area contributed by atoms with Crippen LogP contribution in [0.3, 0.4) is 0 Å². The lowest BCUT2D eigenvalue weighted by Gasteiger charge is -2.30. The van der Waals surface area contributed by atoms with Crippen LogP contribution in [0.4, 0.5) is 0 Å². The van der Waals surface area contributed by atoms with Gasteiger partial charge in [-0.15, -0.1) is 0 Å². The highest BCUT2D eigenvalue weighted by Gasteiger charge is 2.30. The molecule has 0 bridgehead atoms. The average molecular weight is 183 g/mol. The van der Waals surface area contributed by atoms with Crippen LogP contribution in [0.25, 0.3) is 0 Å². The molecule has 2 heteroatoms. The van der Waals surface area contributed by atoms with E-state index >= 15 is 0 Å². The molecule has 0 heterocycles. The lowest BCUT2D eigenvalue weighted by atomic mass is 9.77. The fourth-order valence-corrected chi connectivity index (χ4v) is 1.59. The fourth-order valence-electron chi connectivity index (χ4n) is 1.59. The number of nitrogens with two attached hydrogens (primary N) is 1. The van der Waals surface area contributed by atoms with Gasteiger partial charge in [-0.1, -0.05) is 40.0 Å². The molecular weight excluding hydrogens is 162 g/mol. The third kappa shape index (κ3) is 2.80. The molecule has 0 aliphatic heterocycles. The van der Waals surface area contributed by atoms with E-state index in [0.717, 1.165) is 0 Å². The van der Waals surface area contributed by atoms with Crippen LogP contribution in [0.2, 0.25) is 0 Å². The summed E-state index contributed by atoms with van der Waals surface area (Å²) in [6.45, 7) is 6.07. The molecule has 2 N–H and O–H groups in total. The first kappa shape index (κ1) is 10.7. The molecule has 1 atom stereocenters. The Balaban J connectivity index is 2.37. The Morgan fingerprint density at radius 1 is 1.46 bits per heavy atom. The highest BCUT2D eigenvalue weighted by molar-refractivity contribution is 5.84. The second kappa shape index (κ2) is 3.79. The molecule has 76 valence electrons. The van der Waals surface area contributed by atoms with Crippen LogP contribution in [-0.4, -0.2) is 11.8 Å². The van der Waals surface area contributed by atoms with Crippen molar-refractivity contribution in [3.05, 3.63) is 0 Å². The zero-order valence-electron chi connectivity index (χ0n) is 8.97. The van der Waals surface area contributed by atoms with Crippen LogP contribution >= 0.6 is 0 Å². The summed E-state index contributed by atoms with van der Waals surface area (Å²) < 4.78 is 0. The Bertz CT molecular complexity index is 189. The minimum atomic E-state index is -0.284. The molecule has 13 heavy (non-hydrogen) atoms. The standard InChI is InChI=1S/C11H21NO/c1-11(2,3)10(12)9(13)7-8-5-4-6-8/h8,10H,4-7,12H2,1-3H3. The van der Waals surface area contributed by atoms with Crippen molar-refractivity contribution in [2.24, 2.45) is 17.1 Å². The molecule has 1 rings (SSSR count). The van der Waals surface area contributed by atoms with Crippen LogP contribution in [0, 0.1) is 11.3 Å². The molecule has 0 aromatic heterocycles. The summed E-state index contributed by atoms with van der Waals surface area (Å²) in [6.07, 6.45) is 4.45. The molecular formula is C11H21NO. The molecule has 0 aromatic carbocycles. The van der Waals surface area contributed by atoms with E-state index in [9.17, 15) is 4.79 Å². The van der Waals surface area contributed by atoms with Crippen molar-refractivity contribution in [1.29, 1.82) is 0 Å². The Labute approximate surface area is 80.9 Å². The van der Waals surface area contributed by atoms with Gasteiger partial charge in [-0.2, -0.15) is 0 Å². The largest absolute Gasteiger partial charge is 0.321 e. The zero-order chi connectivity index (χ0) is 10.1. The van der Waals surface area contributed by atoms with E-state index in [-0.39, 0.29) is 17.2 Å². The first-order valence-corrected chi connectivity index (χ1v) is 5.19. The minimum absolute atomic E-state index is 0.0825. The smallest absolute Gasteiger partial charge is 0.150 e. The van der Waals surface area contributed by atoms with E-state index in [0.29, 0.717) is 12.3 Å². The van der Waals surface area contributed by atoms with E-state index in [1.807, 2.05) is 20.8 Å². The molecule has 1 aliphatic rings. The normalized spacial score (nSPS) is 20.9. The van der Waals surface area contributed by atoms with Crippen molar-refractivity contribution >= 4 is 5.78 Å². The molecule has 0 saturated heterocycles. The van der Waals surface area contributed by atoms with Crippen LogP contribution in [0.15, 0.2) is 0 Å². The van der Waals surface area contributed by atoms with E-state index in [1.165, 1.54) is 19.3 Å². The Hall–Kier alpha value is -0.370. The number of hydrogen-bond donors (Lipinski definition) is 1. The summed E-state index contributed by atoms with van der Waals surface area (Å²) in [5, 5.41) is 0. The molecule has 0 aromatic rings.